The van der Waals surface area contributed by atoms with Crippen molar-refractivity contribution in [2.75, 3.05) is 6.61 Å². The minimum atomic E-state index is 0.0451. The number of ether oxygens (including phenoxy) is 2. The number of rotatable bonds is 7. The highest BCUT2D eigenvalue weighted by Gasteiger charge is 2.05. The number of aromatic hydroxyl groups is 1. The smallest absolute Gasteiger partial charge is 0.161 e. The molecule has 2 rings (SSSR count). The Bertz CT molecular complexity index is 605. The molecule has 1 N–H and O–H groups in total. The molecule has 2 aromatic rings. The first-order chi connectivity index (χ1) is 10.3. The van der Waals surface area contributed by atoms with Gasteiger partial charge in [0.05, 0.1) is 12.7 Å². The van der Waals surface area contributed by atoms with E-state index in [1.807, 2.05) is 30.3 Å². The summed E-state index contributed by atoms with van der Waals surface area (Å²) in [5, 5.41) is 18.3. The van der Waals surface area contributed by atoms with Crippen LogP contribution in [0.15, 0.2) is 48.5 Å². The van der Waals surface area contributed by atoms with Crippen molar-refractivity contribution >= 4 is 0 Å². The third-order valence-electron chi connectivity index (χ3n) is 2.87. The number of hydrogen-bond acceptors (Lipinski definition) is 4. The summed E-state index contributed by atoms with van der Waals surface area (Å²) in [4.78, 5) is 0. The summed E-state index contributed by atoms with van der Waals surface area (Å²) < 4.78 is 11.0. The SMILES string of the molecule is N#CCCCOc1ccc(OCc2ccccc2)c(O)c1. The van der Waals surface area contributed by atoms with Crippen LogP contribution < -0.4 is 9.47 Å². The Kier molecular flexibility index (Phi) is 5.48. The molecule has 21 heavy (non-hydrogen) atoms. The van der Waals surface area contributed by atoms with E-state index in [4.69, 9.17) is 14.7 Å². The lowest BCUT2D eigenvalue weighted by Crippen LogP contribution is -1.98. The maximum atomic E-state index is 9.91. The van der Waals surface area contributed by atoms with Gasteiger partial charge in [-0.05, 0) is 24.1 Å². The standard InChI is InChI=1S/C17H17NO3/c18-10-4-5-11-20-15-8-9-17(16(19)12-15)21-13-14-6-2-1-3-7-14/h1-3,6-9,12,19H,4-5,11,13H2. The van der Waals surface area contributed by atoms with E-state index >= 15 is 0 Å². The second-order valence-electron chi connectivity index (χ2n) is 4.51. The van der Waals surface area contributed by atoms with Crippen LogP contribution in [0.3, 0.4) is 0 Å². The van der Waals surface area contributed by atoms with Crippen LogP contribution in [0.5, 0.6) is 17.2 Å². The van der Waals surface area contributed by atoms with Gasteiger partial charge in [-0.1, -0.05) is 30.3 Å². The molecule has 0 unspecified atom stereocenters. The highest BCUT2D eigenvalue weighted by Crippen LogP contribution is 2.30. The van der Waals surface area contributed by atoms with Crippen molar-refractivity contribution in [2.45, 2.75) is 19.4 Å². The van der Waals surface area contributed by atoms with E-state index in [1.54, 1.807) is 12.1 Å². The average Bonchev–Trinajstić information content (AvgIpc) is 2.52. The molecular formula is C17H17NO3. The van der Waals surface area contributed by atoms with Crippen molar-refractivity contribution in [1.29, 1.82) is 5.26 Å². The number of phenols is 1. The Balaban J connectivity index is 1.88. The third kappa shape index (κ3) is 4.73. The Hall–Kier alpha value is -2.67. The Morgan fingerprint density at radius 3 is 2.57 bits per heavy atom. The molecule has 2 aromatic carbocycles. The predicted molar refractivity (Wildman–Crippen MR) is 79.2 cm³/mol. The van der Waals surface area contributed by atoms with Crippen LogP contribution in [0.2, 0.25) is 0 Å². The van der Waals surface area contributed by atoms with Gasteiger partial charge >= 0.3 is 0 Å². The number of hydrogen-bond donors (Lipinski definition) is 1. The zero-order valence-electron chi connectivity index (χ0n) is 11.7. The minimum Gasteiger partial charge on any atom is -0.504 e. The fourth-order valence-corrected chi connectivity index (χ4v) is 1.79. The molecule has 0 aliphatic carbocycles. The fourth-order valence-electron chi connectivity index (χ4n) is 1.79. The summed E-state index contributed by atoms with van der Waals surface area (Å²) >= 11 is 0. The molecular weight excluding hydrogens is 266 g/mol. The van der Waals surface area contributed by atoms with Gasteiger partial charge in [0.2, 0.25) is 0 Å². The maximum absolute atomic E-state index is 9.91. The van der Waals surface area contributed by atoms with Crippen molar-refractivity contribution in [3.63, 3.8) is 0 Å². The molecule has 0 fully saturated rings. The van der Waals surface area contributed by atoms with E-state index in [9.17, 15) is 5.11 Å². The summed E-state index contributed by atoms with van der Waals surface area (Å²) in [6.45, 7) is 0.855. The van der Waals surface area contributed by atoms with Gasteiger partial charge in [-0.2, -0.15) is 5.26 Å². The van der Waals surface area contributed by atoms with Gasteiger partial charge in [-0.3, -0.25) is 0 Å². The second kappa shape index (κ2) is 7.81. The van der Waals surface area contributed by atoms with Crippen molar-refractivity contribution < 1.29 is 14.6 Å². The normalized spacial score (nSPS) is 9.86. The van der Waals surface area contributed by atoms with Crippen LogP contribution in [0.25, 0.3) is 0 Å². The summed E-state index contributed by atoms with van der Waals surface area (Å²) in [5.74, 6) is 1.03. The Morgan fingerprint density at radius 2 is 1.86 bits per heavy atom. The van der Waals surface area contributed by atoms with Gasteiger partial charge in [-0.15, -0.1) is 0 Å². The number of nitrogens with zero attached hydrogens (tertiary/aromatic N) is 1. The van der Waals surface area contributed by atoms with Gasteiger partial charge in [0, 0.05) is 12.5 Å². The maximum Gasteiger partial charge on any atom is 0.161 e. The van der Waals surface area contributed by atoms with E-state index < -0.39 is 0 Å². The molecule has 4 heteroatoms. The average molecular weight is 283 g/mol. The molecule has 4 nitrogen and oxygen atoms in total. The molecule has 0 saturated heterocycles. The van der Waals surface area contributed by atoms with Crippen LogP contribution in [-0.4, -0.2) is 11.7 Å². The molecule has 0 bridgehead atoms. The first kappa shape index (κ1) is 14.7. The lowest BCUT2D eigenvalue weighted by molar-refractivity contribution is 0.283. The number of nitriles is 1. The third-order valence-corrected chi connectivity index (χ3v) is 2.87. The van der Waals surface area contributed by atoms with E-state index in [0.717, 1.165) is 5.56 Å². The molecule has 0 aromatic heterocycles. The zero-order valence-corrected chi connectivity index (χ0v) is 11.7. The number of phenolic OH excluding ortho intramolecular Hbond substituents is 1. The Labute approximate surface area is 124 Å². The van der Waals surface area contributed by atoms with E-state index in [-0.39, 0.29) is 5.75 Å². The van der Waals surface area contributed by atoms with Crippen LogP contribution in [0, 0.1) is 11.3 Å². The van der Waals surface area contributed by atoms with Crippen LogP contribution >= 0.6 is 0 Å². The molecule has 0 heterocycles. The van der Waals surface area contributed by atoms with Crippen molar-refractivity contribution in [2.24, 2.45) is 0 Å². The highest BCUT2D eigenvalue weighted by molar-refractivity contribution is 5.44. The molecule has 0 saturated carbocycles. The van der Waals surface area contributed by atoms with Gasteiger partial charge in [-0.25, -0.2) is 0 Å². The number of unbranched alkanes of at least 4 members (excludes halogenated alkanes) is 1. The monoisotopic (exact) mass is 283 g/mol. The predicted octanol–water partition coefficient (Wildman–Crippen LogP) is 3.65. The fraction of sp³-hybridized carbons (Fsp3) is 0.235. The van der Waals surface area contributed by atoms with Crippen molar-refractivity contribution in [3.8, 4) is 23.3 Å². The first-order valence-electron chi connectivity index (χ1n) is 6.79. The van der Waals surface area contributed by atoms with Crippen LogP contribution in [0.4, 0.5) is 0 Å². The molecule has 0 radical (unpaired) electrons. The topological polar surface area (TPSA) is 62.5 Å². The Morgan fingerprint density at radius 1 is 1.05 bits per heavy atom. The van der Waals surface area contributed by atoms with E-state index in [1.165, 1.54) is 6.07 Å². The molecule has 0 spiro atoms. The zero-order chi connectivity index (χ0) is 14.9. The second-order valence-corrected chi connectivity index (χ2v) is 4.51. The van der Waals surface area contributed by atoms with Crippen LogP contribution in [0.1, 0.15) is 18.4 Å². The molecule has 0 aliphatic rings. The summed E-state index contributed by atoms with van der Waals surface area (Å²) in [6.07, 6.45) is 1.13. The first-order valence-corrected chi connectivity index (χ1v) is 6.79. The van der Waals surface area contributed by atoms with Gasteiger partial charge in [0.1, 0.15) is 12.4 Å². The number of benzene rings is 2. The van der Waals surface area contributed by atoms with E-state index in [0.29, 0.717) is 37.6 Å². The summed E-state index contributed by atoms with van der Waals surface area (Å²) in [5.41, 5.74) is 1.04. The lowest BCUT2D eigenvalue weighted by atomic mass is 10.2. The van der Waals surface area contributed by atoms with E-state index in [2.05, 4.69) is 6.07 Å². The molecule has 0 amide bonds. The molecule has 0 aliphatic heterocycles. The summed E-state index contributed by atoms with van der Waals surface area (Å²) in [6, 6.07) is 16.7. The molecule has 0 atom stereocenters. The summed E-state index contributed by atoms with van der Waals surface area (Å²) in [7, 11) is 0. The highest BCUT2D eigenvalue weighted by atomic mass is 16.5. The largest absolute Gasteiger partial charge is 0.504 e. The van der Waals surface area contributed by atoms with Crippen molar-refractivity contribution in [3.05, 3.63) is 54.1 Å². The van der Waals surface area contributed by atoms with Crippen LogP contribution in [-0.2, 0) is 6.61 Å². The van der Waals surface area contributed by atoms with Crippen molar-refractivity contribution in [1.82, 2.24) is 0 Å². The molecule has 108 valence electrons. The minimum absolute atomic E-state index is 0.0451. The quantitative estimate of drug-likeness (QED) is 0.788. The van der Waals surface area contributed by atoms with Gasteiger partial charge < -0.3 is 14.6 Å². The van der Waals surface area contributed by atoms with Gasteiger partial charge in [0.25, 0.3) is 0 Å². The van der Waals surface area contributed by atoms with Gasteiger partial charge in [0.15, 0.2) is 11.5 Å². The lowest BCUT2D eigenvalue weighted by Gasteiger charge is -2.10.